The van der Waals surface area contributed by atoms with Crippen molar-refractivity contribution >= 4 is 23.6 Å². The Morgan fingerprint density at radius 3 is 2.50 bits per heavy atom. The zero-order valence-corrected chi connectivity index (χ0v) is 33.8. The normalized spacial score (nSPS) is 28.3. The Hall–Kier alpha value is -4.01. The van der Waals surface area contributed by atoms with Gasteiger partial charge in [-0.2, -0.15) is 0 Å². The molecule has 5 aliphatic rings. The zero-order valence-electron chi connectivity index (χ0n) is 33.1. The molecule has 4 aliphatic heterocycles. The number of aliphatic hydroxyl groups is 1. The molecule has 7 atom stereocenters. The number of likely N-dealkylation sites (tertiary alicyclic amines) is 1. The molecule has 11 nitrogen and oxygen atoms in total. The van der Waals surface area contributed by atoms with Crippen LogP contribution in [0, 0.1) is 11.6 Å². The molecular formula is C44H51ClF2N2O9. The van der Waals surface area contributed by atoms with Gasteiger partial charge < -0.3 is 43.7 Å². The molecule has 2 N–H and O–H groups in total. The van der Waals surface area contributed by atoms with Crippen molar-refractivity contribution in [2.45, 2.75) is 126 Å². The van der Waals surface area contributed by atoms with Crippen LogP contribution in [0.3, 0.4) is 0 Å². The van der Waals surface area contributed by atoms with E-state index in [1.54, 1.807) is 25.7 Å². The highest BCUT2D eigenvalue weighted by atomic mass is 35.5. The van der Waals surface area contributed by atoms with E-state index in [4.69, 9.17) is 40.0 Å². The number of halogens is 3. The van der Waals surface area contributed by atoms with Crippen LogP contribution in [0.5, 0.6) is 11.5 Å². The first-order valence-electron chi connectivity index (χ1n) is 20.4. The van der Waals surface area contributed by atoms with Gasteiger partial charge in [-0.15, -0.1) is 0 Å². The Labute approximate surface area is 342 Å². The highest BCUT2D eigenvalue weighted by Gasteiger charge is 2.54. The lowest BCUT2D eigenvalue weighted by molar-refractivity contribution is -0.187. The number of amides is 2. The molecule has 1 aliphatic carbocycles. The summed E-state index contributed by atoms with van der Waals surface area (Å²) in [5.74, 6) is -2.53. The Morgan fingerprint density at radius 1 is 0.983 bits per heavy atom. The smallest absolute Gasteiger partial charge is 0.410 e. The first-order chi connectivity index (χ1) is 27.8. The minimum absolute atomic E-state index is 0.0293. The molecule has 8 rings (SSSR count). The van der Waals surface area contributed by atoms with Crippen LogP contribution >= 0.6 is 11.6 Å². The summed E-state index contributed by atoms with van der Waals surface area (Å²) in [5.41, 5.74) is -1.41. The van der Waals surface area contributed by atoms with Gasteiger partial charge in [0.15, 0.2) is 23.5 Å². The van der Waals surface area contributed by atoms with Crippen molar-refractivity contribution in [2.24, 2.45) is 0 Å². The first kappa shape index (κ1) is 40.8. The van der Waals surface area contributed by atoms with E-state index in [9.17, 15) is 14.7 Å². The Kier molecular flexibility index (Phi) is 11.6. The number of carbonyl (C=O) groups excluding carboxylic acids is 2. The van der Waals surface area contributed by atoms with Crippen LogP contribution in [0.25, 0.3) is 11.1 Å². The van der Waals surface area contributed by atoms with Crippen molar-refractivity contribution < 1.29 is 51.9 Å². The van der Waals surface area contributed by atoms with Crippen LogP contribution in [0.1, 0.15) is 93.6 Å². The van der Waals surface area contributed by atoms with Crippen LogP contribution in [0.15, 0.2) is 48.5 Å². The van der Waals surface area contributed by atoms with Gasteiger partial charge in [0.2, 0.25) is 0 Å². The largest absolute Gasteiger partial charge is 0.487 e. The first-order valence-corrected chi connectivity index (χ1v) is 20.8. The molecule has 312 valence electrons. The van der Waals surface area contributed by atoms with Gasteiger partial charge in [0.25, 0.3) is 5.91 Å². The number of aliphatic hydroxyl groups excluding tert-OH is 1. The van der Waals surface area contributed by atoms with E-state index in [0.29, 0.717) is 50.8 Å². The molecule has 0 bridgehead atoms. The maximum atomic E-state index is 17.5. The summed E-state index contributed by atoms with van der Waals surface area (Å²) in [6.07, 6.45) is 3.66. The molecule has 0 spiro atoms. The third kappa shape index (κ3) is 8.12. The molecule has 3 aromatic rings. The highest BCUT2D eigenvalue weighted by Crippen LogP contribution is 2.54. The number of benzene rings is 3. The Bertz CT molecular complexity index is 2010. The summed E-state index contributed by atoms with van der Waals surface area (Å²) in [6.45, 7) is 6.55. The van der Waals surface area contributed by atoms with Gasteiger partial charge in [-0.3, -0.25) is 4.79 Å². The van der Waals surface area contributed by atoms with Gasteiger partial charge in [0.05, 0.1) is 48.1 Å². The number of hydrogen-bond acceptors (Lipinski definition) is 9. The van der Waals surface area contributed by atoms with Crippen molar-refractivity contribution in [3.8, 4) is 22.6 Å². The van der Waals surface area contributed by atoms with Crippen LogP contribution in [-0.4, -0.2) is 90.7 Å². The van der Waals surface area contributed by atoms with Gasteiger partial charge in [-0.1, -0.05) is 41.9 Å². The topological polar surface area (TPSA) is 125 Å². The van der Waals surface area contributed by atoms with E-state index < -0.39 is 64.2 Å². The van der Waals surface area contributed by atoms with Crippen molar-refractivity contribution in [3.05, 3.63) is 81.9 Å². The van der Waals surface area contributed by atoms with Crippen LogP contribution in [0.2, 0.25) is 5.02 Å². The molecule has 2 amide bonds. The number of nitrogens with one attached hydrogen (secondary N) is 1. The maximum Gasteiger partial charge on any atom is 0.410 e. The number of fused-ring (bicyclic) bond motifs is 1. The highest BCUT2D eigenvalue weighted by molar-refractivity contribution is 6.34. The molecule has 4 fully saturated rings. The number of rotatable bonds is 9. The quantitative estimate of drug-likeness (QED) is 0.222. The number of nitrogens with zero attached hydrogens (tertiary/aromatic N) is 1. The lowest BCUT2D eigenvalue weighted by Gasteiger charge is -2.40. The predicted molar refractivity (Wildman–Crippen MR) is 210 cm³/mol. The van der Waals surface area contributed by atoms with E-state index in [0.717, 1.165) is 24.8 Å². The number of ether oxygens (including phenoxy) is 6. The fourth-order valence-corrected chi connectivity index (χ4v) is 9.33. The van der Waals surface area contributed by atoms with E-state index in [1.165, 1.54) is 18.2 Å². The lowest BCUT2D eigenvalue weighted by atomic mass is 9.79. The predicted octanol–water partition coefficient (Wildman–Crippen LogP) is 7.85. The van der Waals surface area contributed by atoms with E-state index in [-0.39, 0.29) is 60.2 Å². The molecular weight excluding hydrogens is 774 g/mol. The summed E-state index contributed by atoms with van der Waals surface area (Å²) in [5, 5.41) is 12.8. The third-order valence-corrected chi connectivity index (χ3v) is 12.1. The summed E-state index contributed by atoms with van der Waals surface area (Å²) < 4.78 is 70.1. The Morgan fingerprint density at radius 2 is 1.78 bits per heavy atom. The molecule has 0 aromatic heterocycles. The lowest BCUT2D eigenvalue weighted by Crippen LogP contribution is -2.53. The third-order valence-electron chi connectivity index (χ3n) is 11.8. The molecule has 1 saturated carbocycles. The van der Waals surface area contributed by atoms with Crippen LogP contribution in [-0.2, 0) is 31.0 Å². The second-order valence-electron chi connectivity index (χ2n) is 17.0. The second-order valence-corrected chi connectivity index (χ2v) is 17.4. The monoisotopic (exact) mass is 824 g/mol. The fraction of sp³-hybridized carbons (Fsp3) is 0.545. The van der Waals surface area contributed by atoms with Gasteiger partial charge in [0.1, 0.15) is 23.3 Å². The number of hydrogen-bond donors (Lipinski definition) is 2. The SMILES string of the molecule is CC(C)(C)OC(=O)N1CCC[C@H]1[C@@]1(c2ccccc2)Cc2c(cc(F)c(Cl)c2-c2c(C(=O)N[C@H]3COC[C@@H]3O)ccc(O[C@H]3CC[C@@H](OC4CCCCO4)C3)c2F)O1. The van der Waals surface area contributed by atoms with Gasteiger partial charge >= 0.3 is 6.09 Å². The van der Waals surface area contributed by atoms with Crippen LogP contribution < -0.4 is 14.8 Å². The standard InChI is InChI=1S/C44H51ClF2N2O9/c1-43(2,3)58-42(52)49-18-9-12-35(49)44(25-10-5-4-6-11-25)22-29-34(57-44)21-30(46)39(45)37(29)38-28(41(51)48-31-23-53-24-32(31)50)16-17-33(40(38)47)55-26-14-15-27(20-26)56-36-13-7-8-19-54-36/h4-6,10-11,16-17,21,26-27,31-32,35-36,50H,7-9,12-15,18-20,22-24H2,1-3H3,(H,48,51)/t26-,27+,31-,32-,35-,36?,44-/m0/s1. The van der Waals surface area contributed by atoms with Crippen molar-refractivity contribution in [1.82, 2.24) is 10.2 Å². The molecule has 4 heterocycles. The summed E-state index contributed by atoms with van der Waals surface area (Å²) in [4.78, 5) is 29.5. The average Bonchev–Trinajstić information content (AvgIpc) is 4.02. The van der Waals surface area contributed by atoms with Gasteiger partial charge in [0, 0.05) is 48.8 Å². The van der Waals surface area contributed by atoms with Crippen molar-refractivity contribution in [1.29, 1.82) is 0 Å². The Balaban J connectivity index is 1.20. The van der Waals surface area contributed by atoms with Gasteiger partial charge in [-0.05, 0) is 83.4 Å². The maximum absolute atomic E-state index is 17.5. The molecule has 58 heavy (non-hydrogen) atoms. The summed E-state index contributed by atoms with van der Waals surface area (Å²) >= 11 is 6.90. The molecule has 1 unspecified atom stereocenters. The average molecular weight is 825 g/mol. The minimum atomic E-state index is -1.26. The van der Waals surface area contributed by atoms with Gasteiger partial charge in [-0.25, -0.2) is 13.6 Å². The van der Waals surface area contributed by atoms with Crippen molar-refractivity contribution in [3.63, 3.8) is 0 Å². The summed E-state index contributed by atoms with van der Waals surface area (Å²) in [6, 6.07) is 12.0. The summed E-state index contributed by atoms with van der Waals surface area (Å²) in [7, 11) is 0. The molecule has 3 saturated heterocycles. The molecule has 14 heteroatoms. The zero-order chi connectivity index (χ0) is 40.8. The van der Waals surface area contributed by atoms with Crippen LogP contribution in [0.4, 0.5) is 13.6 Å². The van der Waals surface area contributed by atoms with E-state index in [2.05, 4.69) is 5.32 Å². The molecule has 3 aromatic carbocycles. The second kappa shape index (κ2) is 16.6. The minimum Gasteiger partial charge on any atom is -0.487 e. The fourth-order valence-electron chi connectivity index (χ4n) is 9.07. The van der Waals surface area contributed by atoms with Crippen molar-refractivity contribution in [2.75, 3.05) is 26.4 Å². The van der Waals surface area contributed by atoms with E-state index in [1.807, 2.05) is 30.3 Å². The molecule has 0 radical (unpaired) electrons. The number of carbonyl (C=O) groups is 2. The van der Waals surface area contributed by atoms with E-state index >= 15 is 8.78 Å².